The molecule has 6 nitrogen and oxygen atoms in total. The van der Waals surface area contributed by atoms with Crippen LogP contribution in [-0.4, -0.2) is 42.3 Å². The van der Waals surface area contributed by atoms with Crippen LogP contribution in [0.2, 0.25) is 0 Å². The minimum absolute atomic E-state index is 0.0788. The van der Waals surface area contributed by atoms with E-state index in [9.17, 15) is 14.4 Å². The summed E-state index contributed by atoms with van der Waals surface area (Å²) in [4.78, 5) is 46.7. The van der Waals surface area contributed by atoms with Gasteiger partial charge in [-0.05, 0) is 49.6 Å². The van der Waals surface area contributed by atoms with Crippen molar-refractivity contribution < 1.29 is 14.4 Å². The number of fused-ring (bicyclic) bond motifs is 7. The Morgan fingerprint density at radius 3 is 2.48 bits per heavy atom. The largest absolute Gasteiger partial charge is 0.313 e. The molecule has 31 heavy (non-hydrogen) atoms. The fourth-order valence-corrected chi connectivity index (χ4v) is 6.58. The van der Waals surface area contributed by atoms with Crippen molar-refractivity contribution in [3.8, 4) is 0 Å². The summed E-state index contributed by atoms with van der Waals surface area (Å²) < 4.78 is 0. The molecule has 6 heteroatoms. The number of carbonyl (C=O) groups is 3. The smallest absolute Gasteiger partial charge is 0.252 e. The van der Waals surface area contributed by atoms with E-state index >= 15 is 0 Å². The molecule has 2 aromatic carbocycles. The highest BCUT2D eigenvalue weighted by Gasteiger charge is 2.75. The summed E-state index contributed by atoms with van der Waals surface area (Å²) in [6.07, 6.45) is 2.66. The van der Waals surface area contributed by atoms with E-state index < -0.39 is 17.4 Å². The number of likely N-dealkylation sites (N-methyl/N-ethyl adjacent to an activating group) is 1. The minimum atomic E-state index is -1.08. The van der Waals surface area contributed by atoms with E-state index in [4.69, 9.17) is 0 Å². The summed E-state index contributed by atoms with van der Waals surface area (Å²) in [5.41, 5.74) is 2.38. The van der Waals surface area contributed by atoms with E-state index in [1.54, 1.807) is 11.9 Å². The molecule has 0 aromatic heterocycles. The van der Waals surface area contributed by atoms with Crippen molar-refractivity contribution in [3.63, 3.8) is 0 Å². The van der Waals surface area contributed by atoms with Crippen LogP contribution < -0.4 is 9.80 Å². The van der Waals surface area contributed by atoms with Gasteiger partial charge in [-0.2, -0.15) is 0 Å². The Morgan fingerprint density at radius 2 is 1.74 bits per heavy atom. The average Bonchev–Trinajstić information content (AvgIpc) is 3.49. The number of hydrogen-bond donors (Lipinski definition) is 0. The first-order valence-corrected chi connectivity index (χ1v) is 11.1. The number of hydrogen-bond acceptors (Lipinski definition) is 4. The fourth-order valence-electron chi connectivity index (χ4n) is 6.58. The zero-order valence-corrected chi connectivity index (χ0v) is 17.7. The predicted octanol–water partition coefficient (Wildman–Crippen LogP) is 2.70. The second-order valence-electron chi connectivity index (χ2n) is 9.09. The zero-order chi connectivity index (χ0) is 21.5. The number of nitrogens with zero attached hydrogens (tertiary/aromatic N) is 3. The van der Waals surface area contributed by atoms with Crippen LogP contribution in [0.4, 0.5) is 11.4 Å². The summed E-state index contributed by atoms with van der Waals surface area (Å²) in [5.74, 6) is -1.66. The Bertz CT molecular complexity index is 1130. The molecule has 1 spiro atoms. The van der Waals surface area contributed by atoms with Crippen molar-refractivity contribution in [2.75, 3.05) is 23.4 Å². The maximum Gasteiger partial charge on any atom is 0.252 e. The summed E-state index contributed by atoms with van der Waals surface area (Å²) >= 11 is 0. The molecule has 3 fully saturated rings. The Balaban J connectivity index is 1.53. The van der Waals surface area contributed by atoms with Crippen LogP contribution in [0.15, 0.2) is 48.5 Å². The maximum absolute atomic E-state index is 13.9. The van der Waals surface area contributed by atoms with Crippen molar-refractivity contribution >= 4 is 29.1 Å². The summed E-state index contributed by atoms with van der Waals surface area (Å²) in [6, 6.07) is 15.3. The highest BCUT2D eigenvalue weighted by molar-refractivity contribution is 6.26. The molecule has 6 rings (SSSR count). The van der Waals surface area contributed by atoms with Crippen LogP contribution in [-0.2, 0) is 26.3 Å². The van der Waals surface area contributed by atoms with Crippen LogP contribution in [0.1, 0.15) is 30.9 Å². The Morgan fingerprint density at radius 1 is 1.00 bits per heavy atom. The highest BCUT2D eigenvalue weighted by Crippen LogP contribution is 2.61. The predicted molar refractivity (Wildman–Crippen MR) is 117 cm³/mol. The molecule has 4 heterocycles. The minimum Gasteiger partial charge on any atom is -0.313 e. The van der Waals surface area contributed by atoms with Gasteiger partial charge >= 0.3 is 0 Å². The van der Waals surface area contributed by atoms with Gasteiger partial charge in [-0.25, -0.2) is 4.90 Å². The molecule has 3 saturated heterocycles. The average molecular weight is 415 g/mol. The lowest BCUT2D eigenvalue weighted by Gasteiger charge is -2.37. The van der Waals surface area contributed by atoms with Gasteiger partial charge in [0.25, 0.3) is 5.91 Å². The zero-order valence-electron chi connectivity index (χ0n) is 17.7. The maximum atomic E-state index is 13.9. The van der Waals surface area contributed by atoms with Gasteiger partial charge in [0.1, 0.15) is 5.54 Å². The van der Waals surface area contributed by atoms with E-state index in [-0.39, 0.29) is 23.8 Å². The fraction of sp³-hybridized carbons (Fsp3) is 0.400. The third-order valence-electron chi connectivity index (χ3n) is 7.88. The normalized spacial score (nSPS) is 31.7. The van der Waals surface area contributed by atoms with E-state index in [1.807, 2.05) is 48.5 Å². The van der Waals surface area contributed by atoms with Gasteiger partial charge in [-0.1, -0.05) is 37.3 Å². The number of amides is 3. The molecule has 0 radical (unpaired) electrons. The topological polar surface area (TPSA) is 60.9 Å². The molecule has 4 atom stereocenters. The van der Waals surface area contributed by atoms with E-state index in [1.165, 1.54) is 4.90 Å². The number of anilines is 2. The molecule has 4 aliphatic rings. The third kappa shape index (κ3) is 2.09. The highest BCUT2D eigenvalue weighted by atomic mass is 16.2. The number of rotatable bonds is 2. The van der Waals surface area contributed by atoms with Crippen LogP contribution in [0, 0.1) is 11.8 Å². The third-order valence-corrected chi connectivity index (χ3v) is 7.88. The molecule has 2 aromatic rings. The molecule has 0 bridgehead atoms. The summed E-state index contributed by atoms with van der Waals surface area (Å²) in [7, 11) is 1.77. The number of para-hydroxylation sites is 1. The van der Waals surface area contributed by atoms with Gasteiger partial charge in [0.2, 0.25) is 11.8 Å². The monoisotopic (exact) mass is 415 g/mol. The SMILES string of the molecule is CCc1ccc(N2C(=O)C3C4CCCN4C4(C(=O)N(C)c5ccccc54)C3C2=O)cc1. The van der Waals surface area contributed by atoms with Crippen LogP contribution >= 0.6 is 0 Å². The van der Waals surface area contributed by atoms with Crippen molar-refractivity contribution in [2.45, 2.75) is 37.8 Å². The molecule has 4 aliphatic heterocycles. The van der Waals surface area contributed by atoms with E-state index in [0.29, 0.717) is 5.69 Å². The molecule has 4 unspecified atom stereocenters. The lowest BCUT2D eigenvalue weighted by Crippen LogP contribution is -2.55. The van der Waals surface area contributed by atoms with Gasteiger partial charge in [0.15, 0.2) is 0 Å². The number of carbonyl (C=O) groups excluding carboxylic acids is 3. The Kier molecular flexibility index (Phi) is 3.79. The standard InChI is InChI=1S/C25H25N3O3/c1-3-15-10-12-16(13-11-15)28-22(29)20-19-9-6-14-27(19)25(21(20)23(28)30)17-7-4-5-8-18(17)26(2)24(25)31/h4-5,7-8,10-13,19-21H,3,6,9,14H2,1-2H3. The first-order valence-electron chi connectivity index (χ1n) is 11.1. The van der Waals surface area contributed by atoms with Crippen molar-refractivity contribution in [2.24, 2.45) is 11.8 Å². The molecule has 0 aliphatic carbocycles. The van der Waals surface area contributed by atoms with Gasteiger partial charge in [0.05, 0.1) is 17.5 Å². The number of imide groups is 1. The Labute approximate surface area is 181 Å². The first-order chi connectivity index (χ1) is 15.0. The summed E-state index contributed by atoms with van der Waals surface area (Å²) in [5, 5.41) is 0. The van der Waals surface area contributed by atoms with E-state index in [2.05, 4.69) is 11.8 Å². The summed E-state index contributed by atoms with van der Waals surface area (Å²) in [6.45, 7) is 2.81. The quantitative estimate of drug-likeness (QED) is 0.708. The van der Waals surface area contributed by atoms with Crippen LogP contribution in [0.25, 0.3) is 0 Å². The van der Waals surface area contributed by atoms with Crippen LogP contribution in [0.5, 0.6) is 0 Å². The number of aryl methyl sites for hydroxylation is 1. The lowest BCUT2D eigenvalue weighted by atomic mass is 9.75. The van der Waals surface area contributed by atoms with Gasteiger partial charge in [-0.3, -0.25) is 19.3 Å². The molecular formula is C25H25N3O3. The van der Waals surface area contributed by atoms with Crippen molar-refractivity contribution in [1.29, 1.82) is 0 Å². The second-order valence-corrected chi connectivity index (χ2v) is 9.09. The van der Waals surface area contributed by atoms with Crippen LogP contribution in [0.3, 0.4) is 0 Å². The van der Waals surface area contributed by atoms with Gasteiger partial charge < -0.3 is 4.90 Å². The molecule has 3 amide bonds. The lowest BCUT2D eigenvalue weighted by molar-refractivity contribution is -0.136. The van der Waals surface area contributed by atoms with E-state index in [0.717, 1.165) is 42.6 Å². The molecule has 158 valence electrons. The van der Waals surface area contributed by atoms with Gasteiger partial charge in [-0.15, -0.1) is 0 Å². The molecule has 0 N–H and O–H groups in total. The number of benzene rings is 2. The van der Waals surface area contributed by atoms with Crippen molar-refractivity contribution in [3.05, 3.63) is 59.7 Å². The molecular weight excluding hydrogens is 390 g/mol. The van der Waals surface area contributed by atoms with Gasteiger partial charge in [0, 0.05) is 24.3 Å². The first kappa shape index (κ1) is 18.8. The van der Waals surface area contributed by atoms with Crippen molar-refractivity contribution in [1.82, 2.24) is 4.90 Å². The molecule has 0 saturated carbocycles. The second kappa shape index (κ2) is 6.26. The Hall–Kier alpha value is -2.99.